The third-order valence-corrected chi connectivity index (χ3v) is 9.92. The largest absolute Gasteiger partial charge is 0.309 e. The summed E-state index contributed by atoms with van der Waals surface area (Å²) in [5.74, 6) is 0.595. The fourth-order valence-corrected chi connectivity index (χ4v) is 7.27. The van der Waals surface area contributed by atoms with E-state index in [2.05, 4.69) is 125 Å². The van der Waals surface area contributed by atoms with Crippen LogP contribution in [0.5, 0.6) is 0 Å². The van der Waals surface area contributed by atoms with E-state index in [-0.39, 0.29) is 0 Å². The predicted molar refractivity (Wildman–Crippen MR) is 222 cm³/mol. The highest BCUT2D eigenvalue weighted by molar-refractivity contribution is 6.09. The molecule has 5 heterocycles. The number of fused-ring (bicyclic) bond motifs is 3. The Kier molecular flexibility index (Phi) is 8.04. The lowest BCUT2D eigenvalue weighted by atomic mass is 10.0. The van der Waals surface area contributed by atoms with Crippen molar-refractivity contribution in [1.29, 1.82) is 0 Å². The van der Waals surface area contributed by atoms with Crippen molar-refractivity contribution in [3.8, 4) is 73.5 Å². The number of pyridine rings is 3. The summed E-state index contributed by atoms with van der Waals surface area (Å²) in [7, 11) is 0. The molecule has 0 atom stereocenters. The summed E-state index contributed by atoms with van der Waals surface area (Å²) < 4.78 is 2.33. The predicted octanol–water partition coefficient (Wildman–Crippen LogP) is 11.8. The number of hydrogen-bond acceptors (Lipinski definition) is 5. The van der Waals surface area contributed by atoms with Gasteiger partial charge in [-0.05, 0) is 77.9 Å². The maximum Gasteiger partial charge on any atom is 0.161 e. The molecule has 0 saturated heterocycles. The number of rotatable bonds is 7. The molecule has 6 heteroatoms. The molecule has 0 bridgehead atoms. The van der Waals surface area contributed by atoms with Crippen molar-refractivity contribution in [3.63, 3.8) is 0 Å². The minimum absolute atomic E-state index is 0.595. The molecular weight excluding hydrogens is 673 g/mol. The van der Waals surface area contributed by atoms with Crippen LogP contribution in [-0.2, 0) is 0 Å². The van der Waals surface area contributed by atoms with Gasteiger partial charge in [-0.15, -0.1) is 0 Å². The van der Waals surface area contributed by atoms with Gasteiger partial charge in [-0.1, -0.05) is 115 Å². The molecule has 0 spiro atoms. The molecule has 10 aromatic rings. The van der Waals surface area contributed by atoms with Crippen LogP contribution in [0, 0.1) is 0 Å². The van der Waals surface area contributed by atoms with Crippen LogP contribution in [0.4, 0.5) is 0 Å². The molecule has 6 nitrogen and oxygen atoms in total. The van der Waals surface area contributed by atoms with Crippen LogP contribution in [0.1, 0.15) is 0 Å². The molecule has 0 aliphatic carbocycles. The Hall–Kier alpha value is -7.57. The van der Waals surface area contributed by atoms with Crippen LogP contribution in [0.3, 0.4) is 0 Å². The number of para-hydroxylation sites is 2. The molecule has 0 amide bonds. The van der Waals surface area contributed by atoms with E-state index < -0.39 is 0 Å². The molecule has 0 aliphatic heterocycles. The van der Waals surface area contributed by atoms with Gasteiger partial charge in [0.15, 0.2) is 5.82 Å². The van der Waals surface area contributed by atoms with Crippen LogP contribution in [0.25, 0.3) is 95.3 Å². The summed E-state index contributed by atoms with van der Waals surface area (Å²) in [4.78, 5) is 24.8. The van der Waals surface area contributed by atoms with Crippen LogP contribution in [0.2, 0.25) is 0 Å². The van der Waals surface area contributed by atoms with E-state index in [4.69, 9.17) is 19.9 Å². The average Bonchev–Trinajstić information content (AvgIpc) is 3.61. The molecule has 0 saturated carbocycles. The average molecular weight is 705 g/mol. The number of nitrogens with zero attached hydrogens (tertiary/aromatic N) is 6. The molecule has 0 unspecified atom stereocenters. The summed E-state index contributed by atoms with van der Waals surface area (Å²) in [5.41, 5.74) is 13.1. The first-order valence-electron chi connectivity index (χ1n) is 18.2. The second kappa shape index (κ2) is 13.8. The van der Waals surface area contributed by atoms with Crippen LogP contribution in [0.15, 0.2) is 194 Å². The van der Waals surface area contributed by atoms with Gasteiger partial charge in [-0.25, -0.2) is 15.0 Å². The van der Waals surface area contributed by atoms with Crippen LogP contribution < -0.4 is 0 Å². The zero-order valence-electron chi connectivity index (χ0n) is 29.7. The van der Waals surface area contributed by atoms with Gasteiger partial charge in [0, 0.05) is 45.5 Å². The van der Waals surface area contributed by atoms with E-state index >= 15 is 0 Å². The van der Waals surface area contributed by atoms with E-state index in [1.165, 1.54) is 10.8 Å². The van der Waals surface area contributed by atoms with Gasteiger partial charge < -0.3 is 4.57 Å². The first-order chi connectivity index (χ1) is 27.2. The Morgan fingerprint density at radius 3 is 1.58 bits per heavy atom. The lowest BCUT2D eigenvalue weighted by Crippen LogP contribution is -1.98. The molecular formula is C49H32N6. The zero-order chi connectivity index (χ0) is 36.6. The van der Waals surface area contributed by atoms with Crippen LogP contribution >= 0.6 is 0 Å². The number of aromatic nitrogens is 6. The van der Waals surface area contributed by atoms with Gasteiger partial charge in [0.05, 0.1) is 45.2 Å². The van der Waals surface area contributed by atoms with Gasteiger partial charge in [-0.2, -0.15) is 0 Å². The SMILES string of the molecule is c1ccc(-c2cc(-c3ccccn3)nc(-c3ccc(-c4nc(-c5ccccc5)cc(-c5cccc(-n6c7ccccc7c7ccccc76)c5)n4)cn3)c2)cc1. The number of benzene rings is 5. The lowest BCUT2D eigenvalue weighted by Gasteiger charge is -2.12. The standard InChI is InChI=1S/C49H32N6/c1-3-14-33(15-4-1)37-29-45(41-22-11-12-27-50-41)52-46(30-37)42-26-25-36(32-51-42)49-53-43(34-16-5-2-6-17-34)31-44(54-49)35-18-13-19-38(28-35)55-47-23-9-7-20-39(47)40-21-8-10-24-48(40)55/h1-32H. The van der Waals surface area contributed by atoms with Crippen molar-refractivity contribution in [2.45, 2.75) is 0 Å². The quantitative estimate of drug-likeness (QED) is 0.165. The molecule has 0 N–H and O–H groups in total. The molecule has 0 aliphatic rings. The smallest absolute Gasteiger partial charge is 0.161 e. The van der Waals surface area contributed by atoms with Crippen molar-refractivity contribution < 1.29 is 0 Å². The first-order valence-corrected chi connectivity index (χ1v) is 18.2. The van der Waals surface area contributed by atoms with Crippen molar-refractivity contribution in [2.24, 2.45) is 0 Å². The Bertz CT molecular complexity index is 2850. The minimum Gasteiger partial charge on any atom is -0.309 e. The highest BCUT2D eigenvalue weighted by Crippen LogP contribution is 2.35. The molecule has 10 rings (SSSR count). The normalized spacial score (nSPS) is 11.3. The second-order valence-corrected chi connectivity index (χ2v) is 13.4. The molecule has 0 radical (unpaired) electrons. The van der Waals surface area contributed by atoms with Crippen molar-refractivity contribution >= 4 is 21.8 Å². The number of hydrogen-bond donors (Lipinski definition) is 0. The zero-order valence-corrected chi connectivity index (χ0v) is 29.7. The molecule has 55 heavy (non-hydrogen) atoms. The highest BCUT2D eigenvalue weighted by atomic mass is 15.0. The summed E-state index contributed by atoms with van der Waals surface area (Å²) in [5, 5.41) is 2.45. The topological polar surface area (TPSA) is 69.4 Å². The van der Waals surface area contributed by atoms with E-state index in [1.54, 1.807) is 6.20 Å². The monoisotopic (exact) mass is 704 g/mol. The fraction of sp³-hybridized carbons (Fsp3) is 0. The summed E-state index contributed by atoms with van der Waals surface area (Å²) in [6.45, 7) is 0. The van der Waals surface area contributed by atoms with E-state index in [0.29, 0.717) is 5.82 Å². The van der Waals surface area contributed by atoms with Crippen molar-refractivity contribution in [3.05, 3.63) is 194 Å². The molecule has 258 valence electrons. The lowest BCUT2D eigenvalue weighted by molar-refractivity contribution is 1.16. The van der Waals surface area contributed by atoms with Crippen molar-refractivity contribution in [2.75, 3.05) is 0 Å². The first kappa shape index (κ1) is 32.1. The summed E-state index contributed by atoms with van der Waals surface area (Å²) >= 11 is 0. The van der Waals surface area contributed by atoms with Crippen LogP contribution in [-0.4, -0.2) is 29.5 Å². The molecule has 5 aromatic heterocycles. The Morgan fingerprint density at radius 1 is 0.327 bits per heavy atom. The molecule has 0 fully saturated rings. The third-order valence-electron chi connectivity index (χ3n) is 9.92. The summed E-state index contributed by atoms with van der Waals surface area (Å²) in [6, 6.07) is 62.4. The van der Waals surface area contributed by atoms with Crippen molar-refractivity contribution in [1.82, 2.24) is 29.5 Å². The van der Waals surface area contributed by atoms with Gasteiger partial charge in [0.1, 0.15) is 0 Å². The van der Waals surface area contributed by atoms with E-state index in [9.17, 15) is 0 Å². The fourth-order valence-electron chi connectivity index (χ4n) is 7.27. The third kappa shape index (κ3) is 6.11. The minimum atomic E-state index is 0.595. The van der Waals surface area contributed by atoms with Gasteiger partial charge in [0.25, 0.3) is 0 Å². The van der Waals surface area contributed by atoms with E-state index in [0.717, 1.165) is 78.7 Å². The summed E-state index contributed by atoms with van der Waals surface area (Å²) in [6.07, 6.45) is 3.63. The van der Waals surface area contributed by atoms with Gasteiger partial charge >= 0.3 is 0 Å². The highest BCUT2D eigenvalue weighted by Gasteiger charge is 2.16. The van der Waals surface area contributed by atoms with Gasteiger partial charge in [-0.3, -0.25) is 9.97 Å². The Balaban J connectivity index is 1.07. The second-order valence-electron chi connectivity index (χ2n) is 13.4. The maximum atomic E-state index is 5.17. The maximum absolute atomic E-state index is 5.17. The Labute approximate surface area is 318 Å². The molecule has 5 aromatic carbocycles. The van der Waals surface area contributed by atoms with Gasteiger partial charge in [0.2, 0.25) is 0 Å². The van der Waals surface area contributed by atoms with E-state index in [1.807, 2.05) is 72.9 Å². The Morgan fingerprint density at radius 2 is 0.927 bits per heavy atom.